The molecule has 0 spiro atoms. The van der Waals surface area contributed by atoms with Crippen LogP contribution in [0.5, 0.6) is 5.75 Å². The fourth-order valence-electron chi connectivity index (χ4n) is 1.54. The summed E-state index contributed by atoms with van der Waals surface area (Å²) in [5.41, 5.74) is 0. The highest BCUT2D eigenvalue weighted by Gasteiger charge is 2.09. The van der Waals surface area contributed by atoms with Crippen LogP contribution in [0.4, 0.5) is 13.2 Å². The minimum atomic E-state index is -2.49. The molecule has 1 atom stereocenters. The lowest BCUT2D eigenvalue weighted by Crippen LogP contribution is -2.42. The lowest BCUT2D eigenvalue weighted by Gasteiger charge is -2.18. The first-order valence-electron chi connectivity index (χ1n) is 6.74. The van der Waals surface area contributed by atoms with Crippen LogP contribution in [0.3, 0.4) is 0 Å². The Kier molecular flexibility index (Phi) is 10.8. The standard InChI is InChI=1S/C14H20F3N3O.HI/c1-3-18-14(20-9-13(16)17)19-8-10(2)21-12-7-5-4-6-11(12)15;/h4-7,10,13H,3,8-9H2,1-2H3,(H2,18,19,20);1H. The van der Waals surface area contributed by atoms with Gasteiger partial charge in [-0.25, -0.2) is 18.2 Å². The Balaban J connectivity index is 0.00000441. The van der Waals surface area contributed by atoms with E-state index >= 15 is 0 Å². The molecule has 0 aliphatic heterocycles. The molecule has 0 saturated carbocycles. The Morgan fingerprint density at radius 2 is 1.95 bits per heavy atom. The summed E-state index contributed by atoms with van der Waals surface area (Å²) in [4.78, 5) is 3.72. The normalized spacial score (nSPS) is 12.5. The van der Waals surface area contributed by atoms with Crippen LogP contribution in [-0.2, 0) is 0 Å². The van der Waals surface area contributed by atoms with E-state index in [0.29, 0.717) is 13.1 Å². The number of aliphatic imine (C=N–C) groups is 1. The molecular weight excluding hydrogens is 410 g/mol. The number of nitrogens with one attached hydrogen (secondary N) is 2. The Bertz CT molecular complexity index is 461. The van der Waals surface area contributed by atoms with Gasteiger partial charge in [-0.2, -0.15) is 0 Å². The number of guanidine groups is 1. The van der Waals surface area contributed by atoms with Crippen LogP contribution in [0.15, 0.2) is 29.3 Å². The molecule has 1 aromatic rings. The molecule has 8 heteroatoms. The highest BCUT2D eigenvalue weighted by atomic mass is 127. The first-order valence-corrected chi connectivity index (χ1v) is 6.74. The zero-order valence-corrected chi connectivity index (χ0v) is 14.8. The Labute approximate surface area is 145 Å². The van der Waals surface area contributed by atoms with Crippen molar-refractivity contribution in [2.24, 2.45) is 4.99 Å². The smallest absolute Gasteiger partial charge is 0.257 e. The van der Waals surface area contributed by atoms with Gasteiger partial charge in [0.2, 0.25) is 0 Å². The third kappa shape index (κ3) is 8.30. The minimum Gasteiger partial charge on any atom is -0.486 e. The summed E-state index contributed by atoms with van der Waals surface area (Å²) in [5.74, 6) is -0.00859. The number of alkyl halides is 2. The number of hydrogen-bond donors (Lipinski definition) is 2. The summed E-state index contributed by atoms with van der Waals surface area (Å²) in [6.45, 7) is 3.87. The van der Waals surface area contributed by atoms with Crippen LogP contribution in [0, 0.1) is 5.82 Å². The van der Waals surface area contributed by atoms with Crippen molar-refractivity contribution >= 4 is 29.9 Å². The van der Waals surface area contributed by atoms with Crippen molar-refractivity contribution in [3.8, 4) is 5.75 Å². The fraction of sp³-hybridized carbons (Fsp3) is 0.500. The topological polar surface area (TPSA) is 45.7 Å². The first-order chi connectivity index (χ1) is 10.0. The van der Waals surface area contributed by atoms with Gasteiger partial charge >= 0.3 is 0 Å². The van der Waals surface area contributed by atoms with Crippen LogP contribution in [0.2, 0.25) is 0 Å². The number of hydrogen-bond acceptors (Lipinski definition) is 2. The molecule has 0 radical (unpaired) electrons. The molecule has 1 rings (SSSR count). The number of para-hydroxylation sites is 1. The van der Waals surface area contributed by atoms with Gasteiger partial charge in [-0.15, -0.1) is 24.0 Å². The van der Waals surface area contributed by atoms with E-state index in [1.54, 1.807) is 19.1 Å². The number of nitrogens with zero attached hydrogens (tertiary/aromatic N) is 1. The van der Waals surface area contributed by atoms with Gasteiger partial charge in [-0.1, -0.05) is 12.1 Å². The molecule has 4 nitrogen and oxygen atoms in total. The summed E-state index contributed by atoms with van der Waals surface area (Å²) in [5, 5.41) is 5.72. The highest BCUT2D eigenvalue weighted by molar-refractivity contribution is 14.0. The van der Waals surface area contributed by atoms with Gasteiger partial charge in [-0.3, -0.25) is 0 Å². The summed E-state index contributed by atoms with van der Waals surface area (Å²) in [6.07, 6.45) is -2.84. The largest absolute Gasteiger partial charge is 0.486 e. The van der Waals surface area contributed by atoms with Gasteiger partial charge in [0.25, 0.3) is 6.43 Å². The van der Waals surface area contributed by atoms with Crippen LogP contribution in [0.25, 0.3) is 0 Å². The molecule has 1 aromatic carbocycles. The summed E-state index contributed by atoms with van der Waals surface area (Å²) >= 11 is 0. The van der Waals surface area contributed by atoms with Gasteiger partial charge in [-0.05, 0) is 26.0 Å². The average molecular weight is 431 g/mol. The van der Waals surface area contributed by atoms with Crippen molar-refractivity contribution in [1.29, 1.82) is 0 Å². The predicted molar refractivity (Wildman–Crippen MR) is 91.9 cm³/mol. The zero-order chi connectivity index (χ0) is 15.7. The van der Waals surface area contributed by atoms with Crippen molar-refractivity contribution in [2.45, 2.75) is 26.4 Å². The maximum Gasteiger partial charge on any atom is 0.257 e. The lowest BCUT2D eigenvalue weighted by atomic mass is 10.3. The predicted octanol–water partition coefficient (Wildman–Crippen LogP) is 3.03. The van der Waals surface area contributed by atoms with E-state index in [4.69, 9.17) is 4.74 Å². The monoisotopic (exact) mass is 431 g/mol. The van der Waals surface area contributed by atoms with Gasteiger partial charge in [0.1, 0.15) is 12.6 Å². The Morgan fingerprint density at radius 1 is 1.27 bits per heavy atom. The van der Waals surface area contributed by atoms with Crippen molar-refractivity contribution in [3.05, 3.63) is 30.1 Å². The molecule has 0 aliphatic carbocycles. The number of halogens is 4. The summed E-state index contributed by atoms with van der Waals surface area (Å²) in [7, 11) is 0. The second kappa shape index (κ2) is 11.4. The minimum absolute atomic E-state index is 0. The van der Waals surface area contributed by atoms with Crippen molar-refractivity contribution in [2.75, 3.05) is 19.6 Å². The second-order valence-electron chi connectivity index (χ2n) is 4.35. The Morgan fingerprint density at radius 3 is 2.55 bits per heavy atom. The molecule has 2 N–H and O–H groups in total. The molecule has 0 aromatic heterocycles. The van der Waals surface area contributed by atoms with Crippen LogP contribution in [-0.4, -0.2) is 38.1 Å². The molecule has 0 heterocycles. The quantitative estimate of drug-likeness (QED) is 0.397. The fourth-order valence-corrected chi connectivity index (χ4v) is 1.54. The summed E-state index contributed by atoms with van der Waals surface area (Å²) < 4.78 is 43.1. The lowest BCUT2D eigenvalue weighted by molar-refractivity contribution is 0.158. The maximum atomic E-state index is 13.4. The van der Waals surface area contributed by atoms with Crippen molar-refractivity contribution < 1.29 is 17.9 Å². The first kappa shape index (κ1) is 20.8. The molecule has 22 heavy (non-hydrogen) atoms. The molecule has 126 valence electrons. The van der Waals surface area contributed by atoms with E-state index in [1.807, 2.05) is 6.92 Å². The zero-order valence-electron chi connectivity index (χ0n) is 12.5. The van der Waals surface area contributed by atoms with Crippen molar-refractivity contribution in [1.82, 2.24) is 10.6 Å². The highest BCUT2D eigenvalue weighted by Crippen LogP contribution is 2.16. The van der Waals surface area contributed by atoms with Crippen LogP contribution < -0.4 is 15.4 Å². The van der Waals surface area contributed by atoms with E-state index in [1.165, 1.54) is 12.1 Å². The maximum absolute atomic E-state index is 13.4. The van der Waals surface area contributed by atoms with Gasteiger partial charge in [0, 0.05) is 6.54 Å². The van der Waals surface area contributed by atoms with E-state index in [2.05, 4.69) is 15.6 Å². The molecule has 0 aliphatic rings. The third-order valence-corrected chi connectivity index (χ3v) is 2.45. The molecule has 0 amide bonds. The van der Waals surface area contributed by atoms with E-state index in [9.17, 15) is 13.2 Å². The third-order valence-electron chi connectivity index (χ3n) is 2.45. The van der Waals surface area contributed by atoms with Gasteiger partial charge in [0.05, 0.1) is 6.54 Å². The van der Waals surface area contributed by atoms with Gasteiger partial charge in [0.15, 0.2) is 17.5 Å². The van der Waals surface area contributed by atoms with Crippen molar-refractivity contribution in [3.63, 3.8) is 0 Å². The molecule has 0 fully saturated rings. The SMILES string of the molecule is CCNC(=NCC(F)F)NCC(C)Oc1ccccc1F.I. The second-order valence-corrected chi connectivity index (χ2v) is 4.35. The Hall–Kier alpha value is -1.19. The van der Waals surface area contributed by atoms with E-state index in [0.717, 1.165) is 0 Å². The van der Waals surface area contributed by atoms with E-state index < -0.39 is 18.8 Å². The molecular formula is C14H21F3IN3O. The molecule has 0 saturated heterocycles. The van der Waals surface area contributed by atoms with Crippen LogP contribution in [0.1, 0.15) is 13.8 Å². The van der Waals surface area contributed by atoms with E-state index in [-0.39, 0.29) is 41.8 Å². The van der Waals surface area contributed by atoms with Crippen LogP contribution >= 0.6 is 24.0 Å². The van der Waals surface area contributed by atoms with Gasteiger partial charge < -0.3 is 15.4 Å². The number of rotatable bonds is 7. The number of benzene rings is 1. The molecule has 1 unspecified atom stereocenters. The average Bonchev–Trinajstić information content (AvgIpc) is 2.44. The number of ether oxygens (including phenoxy) is 1. The summed E-state index contributed by atoms with van der Waals surface area (Å²) in [6, 6.07) is 6.09. The molecule has 0 bridgehead atoms.